The zero-order valence-corrected chi connectivity index (χ0v) is 35.2. The largest absolute Gasteiger partial charge is 0.457 e. The van der Waals surface area contributed by atoms with Gasteiger partial charge in [0.05, 0.1) is 16.4 Å². The minimum atomic E-state index is -0.655. The van der Waals surface area contributed by atoms with Gasteiger partial charge in [-0.25, -0.2) is 4.99 Å². The van der Waals surface area contributed by atoms with Gasteiger partial charge in [0, 0.05) is 38.8 Å². The van der Waals surface area contributed by atoms with Crippen LogP contribution in [0.4, 0.5) is 0 Å². The van der Waals surface area contributed by atoms with Gasteiger partial charge in [0.15, 0.2) is 0 Å². The van der Waals surface area contributed by atoms with E-state index in [1.807, 2.05) is 60.7 Å². The second-order valence-electron chi connectivity index (χ2n) is 16.8. The normalized spacial score (nSPS) is 15.0. The fraction of sp³-hybridized carbons (Fsp3) is 0.0678. The van der Waals surface area contributed by atoms with Gasteiger partial charge >= 0.3 is 0 Å². The minimum absolute atomic E-state index is 0.497. The van der Waals surface area contributed by atoms with Crippen molar-refractivity contribution in [2.75, 3.05) is 0 Å². The third-order valence-corrected chi connectivity index (χ3v) is 13.3. The molecule has 5 heteroatoms. The molecular weight excluding hydrogens is 781 g/mol. The molecule has 306 valence electrons. The van der Waals surface area contributed by atoms with Crippen molar-refractivity contribution in [2.45, 2.75) is 24.4 Å². The third-order valence-electron chi connectivity index (χ3n) is 13.3. The van der Waals surface area contributed by atoms with Gasteiger partial charge in [0.1, 0.15) is 23.5 Å². The molecule has 0 saturated heterocycles. The molecule has 3 N–H and O–H groups in total. The highest BCUT2D eigenvalue weighted by Crippen LogP contribution is 2.63. The smallest absolute Gasteiger partial charge is 0.134 e. The number of fused-ring (bicyclic) bond motifs is 11. The molecule has 5 nitrogen and oxygen atoms in total. The molecular formula is C59H44N4O. The van der Waals surface area contributed by atoms with Crippen LogP contribution in [0.5, 0.6) is 11.5 Å². The van der Waals surface area contributed by atoms with E-state index in [-0.39, 0.29) is 0 Å². The second-order valence-corrected chi connectivity index (χ2v) is 16.8. The lowest BCUT2D eigenvalue weighted by Crippen LogP contribution is -2.33. The van der Waals surface area contributed by atoms with E-state index in [1.54, 1.807) is 0 Å². The average molecular weight is 825 g/mol. The lowest BCUT2D eigenvalue weighted by atomic mass is 9.64. The van der Waals surface area contributed by atoms with Crippen LogP contribution < -0.4 is 15.8 Å². The fourth-order valence-electron chi connectivity index (χ4n) is 10.5. The first-order valence-corrected chi connectivity index (χ1v) is 22.0. The van der Waals surface area contributed by atoms with Gasteiger partial charge in [-0.15, -0.1) is 0 Å². The summed E-state index contributed by atoms with van der Waals surface area (Å²) in [7, 11) is 0. The second kappa shape index (κ2) is 15.1. The maximum Gasteiger partial charge on any atom is 0.134 e. The maximum atomic E-state index is 7.10. The summed E-state index contributed by atoms with van der Waals surface area (Å²) in [6.07, 6.45) is 6.06. The van der Waals surface area contributed by atoms with Crippen LogP contribution in [0.15, 0.2) is 223 Å². The first-order valence-electron chi connectivity index (χ1n) is 22.0. The molecule has 9 aromatic rings. The first-order chi connectivity index (χ1) is 31.6. The number of nitrogens with zero attached hydrogens (tertiary/aromatic N) is 2. The van der Waals surface area contributed by atoms with Crippen LogP contribution in [0.25, 0.3) is 49.9 Å². The molecule has 1 spiro atoms. The summed E-state index contributed by atoms with van der Waals surface area (Å²) in [5, 5.41) is 5.76. The number of amidine groups is 1. The molecule has 1 aliphatic heterocycles. The highest BCUT2D eigenvalue weighted by atomic mass is 16.5. The van der Waals surface area contributed by atoms with E-state index in [2.05, 4.69) is 162 Å². The number of ether oxygens (including phenoxy) is 1. The SMILES string of the molecule is C=C(NC(=NC(N)c1ccc2c(c1)c1cc(-c3cccc4c3C3=C(C=CCC3)C43c4ccccc4Oc4ccccc43)ccc1n2-c1ccccc1)c1ccccc1)c1ccccc1. The summed E-state index contributed by atoms with van der Waals surface area (Å²) in [6.45, 7) is 4.35. The molecule has 0 amide bonds. The topological polar surface area (TPSA) is 64.6 Å². The molecule has 0 fully saturated rings. The van der Waals surface area contributed by atoms with E-state index in [1.165, 1.54) is 44.5 Å². The van der Waals surface area contributed by atoms with Crippen molar-refractivity contribution in [2.24, 2.45) is 10.7 Å². The molecule has 0 bridgehead atoms. The Morgan fingerprint density at radius 3 is 1.97 bits per heavy atom. The van der Waals surface area contributed by atoms with Gasteiger partial charge in [-0.1, -0.05) is 164 Å². The van der Waals surface area contributed by atoms with Crippen LogP contribution in [-0.4, -0.2) is 10.4 Å². The highest BCUT2D eigenvalue weighted by molar-refractivity contribution is 6.11. The Kier molecular flexibility index (Phi) is 8.92. The number of aromatic nitrogens is 1. The first kappa shape index (κ1) is 37.7. The van der Waals surface area contributed by atoms with Crippen molar-refractivity contribution in [1.29, 1.82) is 0 Å². The Hall–Kier alpha value is -7.99. The maximum absolute atomic E-state index is 7.10. The Morgan fingerprint density at radius 1 is 0.641 bits per heavy atom. The Labute approximate surface area is 372 Å². The van der Waals surface area contributed by atoms with Crippen LogP contribution in [-0.2, 0) is 5.41 Å². The predicted molar refractivity (Wildman–Crippen MR) is 263 cm³/mol. The summed E-state index contributed by atoms with van der Waals surface area (Å²) >= 11 is 0. The van der Waals surface area contributed by atoms with Crippen LogP contribution >= 0.6 is 0 Å². The number of hydrogen-bond acceptors (Lipinski definition) is 3. The number of aliphatic imine (C=N–C) groups is 1. The van der Waals surface area contributed by atoms with Gasteiger partial charge in [0.25, 0.3) is 0 Å². The van der Waals surface area contributed by atoms with E-state index in [4.69, 9.17) is 15.5 Å². The van der Waals surface area contributed by atoms with Crippen LogP contribution in [0.1, 0.15) is 58.0 Å². The molecule has 12 rings (SSSR count). The Bertz CT molecular complexity index is 3370. The molecule has 2 heterocycles. The van der Waals surface area contributed by atoms with Gasteiger partial charge in [0.2, 0.25) is 0 Å². The van der Waals surface area contributed by atoms with Gasteiger partial charge in [-0.05, 0) is 106 Å². The molecule has 1 atom stereocenters. The zero-order valence-electron chi connectivity index (χ0n) is 35.2. The van der Waals surface area contributed by atoms with E-state index < -0.39 is 11.6 Å². The monoisotopic (exact) mass is 824 g/mol. The standard InChI is InChI=1S/C59H44N4O/c1-38(39-18-5-2-6-19-39)61-58(40-20-7-3-8-21-40)62-57(60)42-33-35-53-47(37-42)46-36-41(32-34-52(46)63(53)43-22-9-4-10-23-43)44-25-17-29-51-56(44)45-24-11-12-26-48(45)59(51)49-27-13-15-30-54(49)64-55-31-16-14-28-50(55)59/h2-10,12-23,25-37,57H,1,11,24,60H2,(H,61,62). The lowest BCUT2D eigenvalue weighted by Gasteiger charge is -2.40. The van der Waals surface area contributed by atoms with E-state index in [9.17, 15) is 0 Å². The van der Waals surface area contributed by atoms with Crippen molar-refractivity contribution < 1.29 is 4.74 Å². The predicted octanol–water partition coefficient (Wildman–Crippen LogP) is 13.7. The van der Waals surface area contributed by atoms with Crippen molar-refractivity contribution in [3.63, 3.8) is 0 Å². The number of para-hydroxylation sites is 3. The number of allylic oxidation sites excluding steroid dienone is 4. The van der Waals surface area contributed by atoms with Crippen molar-refractivity contribution in [3.05, 3.63) is 257 Å². The van der Waals surface area contributed by atoms with Crippen LogP contribution in [0.3, 0.4) is 0 Å². The van der Waals surface area contributed by atoms with E-state index >= 15 is 0 Å². The quantitative estimate of drug-likeness (QED) is 0.124. The Balaban J connectivity index is 1.04. The van der Waals surface area contributed by atoms with Crippen molar-refractivity contribution in [3.8, 4) is 28.3 Å². The van der Waals surface area contributed by atoms with Crippen molar-refractivity contribution >= 4 is 38.9 Å². The summed E-state index contributed by atoms with van der Waals surface area (Å²) < 4.78 is 9.00. The summed E-state index contributed by atoms with van der Waals surface area (Å²) in [5.74, 6) is 2.48. The summed E-state index contributed by atoms with van der Waals surface area (Å²) in [4.78, 5) is 5.15. The number of rotatable bonds is 7. The van der Waals surface area contributed by atoms with Crippen molar-refractivity contribution in [1.82, 2.24) is 9.88 Å². The summed E-state index contributed by atoms with van der Waals surface area (Å²) in [6, 6.07) is 68.4. The zero-order chi connectivity index (χ0) is 42.8. The summed E-state index contributed by atoms with van der Waals surface area (Å²) in [5.41, 5.74) is 23.7. The molecule has 8 aromatic carbocycles. The molecule has 64 heavy (non-hydrogen) atoms. The van der Waals surface area contributed by atoms with Crippen LogP contribution in [0.2, 0.25) is 0 Å². The van der Waals surface area contributed by atoms with Gasteiger partial charge in [-0.2, -0.15) is 0 Å². The van der Waals surface area contributed by atoms with Gasteiger partial charge < -0.3 is 20.4 Å². The van der Waals surface area contributed by atoms with E-state index in [0.29, 0.717) is 5.84 Å². The molecule has 0 saturated carbocycles. The number of nitrogens with one attached hydrogen (secondary N) is 1. The number of hydrogen-bond donors (Lipinski definition) is 2. The minimum Gasteiger partial charge on any atom is -0.457 e. The van der Waals surface area contributed by atoms with Gasteiger partial charge in [-0.3, -0.25) is 0 Å². The highest BCUT2D eigenvalue weighted by Gasteiger charge is 2.52. The van der Waals surface area contributed by atoms with Crippen LogP contribution in [0, 0.1) is 0 Å². The Morgan fingerprint density at radius 2 is 1.25 bits per heavy atom. The lowest BCUT2D eigenvalue weighted by molar-refractivity contribution is 0.435. The molecule has 3 aliphatic rings. The molecule has 0 radical (unpaired) electrons. The third kappa shape index (κ3) is 5.85. The fourth-order valence-corrected chi connectivity index (χ4v) is 10.5. The molecule has 1 unspecified atom stereocenters. The molecule has 1 aromatic heterocycles. The van der Waals surface area contributed by atoms with E-state index in [0.717, 1.165) is 74.2 Å². The number of benzene rings is 8. The number of nitrogens with two attached hydrogens (primary N) is 1. The average Bonchev–Trinajstić information content (AvgIpc) is 3.84. The molecule has 2 aliphatic carbocycles.